The summed E-state index contributed by atoms with van der Waals surface area (Å²) >= 11 is 0. The molecule has 7 nitrogen and oxygen atoms in total. The lowest BCUT2D eigenvalue weighted by Crippen LogP contribution is -2.34. The molecule has 7 heteroatoms. The number of tetrazole rings is 1. The van der Waals surface area contributed by atoms with Gasteiger partial charge in [-0.25, -0.2) is 9.48 Å². The van der Waals surface area contributed by atoms with Crippen molar-refractivity contribution in [1.29, 1.82) is 0 Å². The van der Waals surface area contributed by atoms with Crippen molar-refractivity contribution in [3.05, 3.63) is 5.82 Å². The van der Waals surface area contributed by atoms with E-state index < -0.39 is 6.09 Å². The molecule has 0 fully saturated rings. The third-order valence-corrected chi connectivity index (χ3v) is 2.30. The summed E-state index contributed by atoms with van der Waals surface area (Å²) in [4.78, 5) is 12.3. The molecule has 0 spiro atoms. The average Bonchev–Trinajstić information content (AvgIpc) is 2.60. The normalized spacial score (nSPS) is 12.5. The Morgan fingerprint density at radius 1 is 1.60 bits per heavy atom. The lowest BCUT2D eigenvalue weighted by molar-refractivity contribution is 0.122. The van der Waals surface area contributed by atoms with Gasteiger partial charge in [0.25, 0.3) is 0 Å². The molecular weight excluding hydrogens is 198 g/mol. The molecule has 15 heavy (non-hydrogen) atoms. The van der Waals surface area contributed by atoms with Gasteiger partial charge in [-0.3, -0.25) is 4.90 Å². The zero-order valence-corrected chi connectivity index (χ0v) is 9.08. The average molecular weight is 213 g/mol. The van der Waals surface area contributed by atoms with Crippen LogP contribution in [-0.2, 0) is 7.05 Å². The first-order valence-electron chi connectivity index (χ1n) is 4.83. The maximum Gasteiger partial charge on any atom is 0.407 e. The van der Waals surface area contributed by atoms with Crippen LogP contribution in [0, 0.1) is 0 Å². The van der Waals surface area contributed by atoms with Crippen LogP contribution in [0.1, 0.15) is 32.1 Å². The van der Waals surface area contributed by atoms with Gasteiger partial charge in [0.2, 0.25) is 0 Å². The van der Waals surface area contributed by atoms with Crippen molar-refractivity contribution in [3.63, 3.8) is 0 Å². The van der Waals surface area contributed by atoms with Crippen molar-refractivity contribution < 1.29 is 9.90 Å². The molecule has 1 aromatic heterocycles. The highest BCUT2D eigenvalue weighted by Gasteiger charge is 2.25. The highest BCUT2D eigenvalue weighted by Crippen LogP contribution is 2.20. The Morgan fingerprint density at radius 2 is 2.27 bits per heavy atom. The van der Waals surface area contributed by atoms with Gasteiger partial charge in [0.15, 0.2) is 5.82 Å². The smallest absolute Gasteiger partial charge is 0.407 e. The molecule has 1 N–H and O–H groups in total. The Bertz CT molecular complexity index is 338. The largest absolute Gasteiger partial charge is 0.465 e. The molecule has 1 aromatic rings. The standard InChI is InChI=1S/C8H15N5O2/c1-4-6(13(5-2)8(14)15)7-9-10-11-12(7)3/h6H,4-5H2,1-3H3,(H,14,15). The van der Waals surface area contributed by atoms with Crippen LogP contribution in [0.3, 0.4) is 0 Å². The van der Waals surface area contributed by atoms with Crippen LogP contribution in [0.2, 0.25) is 0 Å². The molecule has 0 saturated carbocycles. The first-order chi connectivity index (χ1) is 7.11. The molecule has 1 heterocycles. The van der Waals surface area contributed by atoms with Crippen molar-refractivity contribution >= 4 is 6.09 Å². The number of hydrogen-bond acceptors (Lipinski definition) is 4. The maximum atomic E-state index is 11.0. The highest BCUT2D eigenvalue weighted by molar-refractivity contribution is 5.65. The monoisotopic (exact) mass is 213 g/mol. The lowest BCUT2D eigenvalue weighted by atomic mass is 10.2. The van der Waals surface area contributed by atoms with E-state index in [1.165, 1.54) is 9.58 Å². The Labute approximate surface area is 87.7 Å². The molecule has 1 rings (SSSR count). The van der Waals surface area contributed by atoms with E-state index in [-0.39, 0.29) is 6.04 Å². The Kier molecular flexibility index (Phi) is 3.59. The van der Waals surface area contributed by atoms with Crippen LogP contribution in [0.25, 0.3) is 0 Å². The molecule has 84 valence electrons. The second-order valence-corrected chi connectivity index (χ2v) is 3.15. The molecule has 0 aromatic carbocycles. The Morgan fingerprint density at radius 3 is 2.60 bits per heavy atom. The van der Waals surface area contributed by atoms with Crippen molar-refractivity contribution in [1.82, 2.24) is 25.1 Å². The topological polar surface area (TPSA) is 84.1 Å². The maximum absolute atomic E-state index is 11.0. The number of aromatic nitrogens is 4. The molecule has 0 aliphatic rings. The summed E-state index contributed by atoms with van der Waals surface area (Å²) < 4.78 is 1.50. The summed E-state index contributed by atoms with van der Waals surface area (Å²) in [5.41, 5.74) is 0. The third-order valence-electron chi connectivity index (χ3n) is 2.30. The number of aryl methyl sites for hydroxylation is 1. The summed E-state index contributed by atoms with van der Waals surface area (Å²) in [6, 6.07) is -0.285. The van der Waals surface area contributed by atoms with Crippen molar-refractivity contribution in [2.24, 2.45) is 7.05 Å². The van der Waals surface area contributed by atoms with E-state index in [9.17, 15) is 4.79 Å². The number of hydrogen-bond donors (Lipinski definition) is 1. The second-order valence-electron chi connectivity index (χ2n) is 3.15. The minimum atomic E-state index is -0.952. The Balaban J connectivity index is 2.97. The van der Waals surface area contributed by atoms with Crippen LogP contribution < -0.4 is 0 Å². The van der Waals surface area contributed by atoms with Gasteiger partial charge in [-0.2, -0.15) is 0 Å². The quantitative estimate of drug-likeness (QED) is 0.794. The molecule has 1 atom stereocenters. The zero-order chi connectivity index (χ0) is 11.4. The third kappa shape index (κ3) is 2.23. The molecule has 0 aliphatic carbocycles. The molecular formula is C8H15N5O2. The van der Waals surface area contributed by atoms with Gasteiger partial charge < -0.3 is 5.11 Å². The van der Waals surface area contributed by atoms with E-state index >= 15 is 0 Å². The van der Waals surface area contributed by atoms with E-state index in [1.807, 2.05) is 6.92 Å². The molecule has 0 bridgehead atoms. The van der Waals surface area contributed by atoms with Crippen LogP contribution in [0.5, 0.6) is 0 Å². The molecule has 1 amide bonds. The molecule has 0 aliphatic heterocycles. The van der Waals surface area contributed by atoms with Crippen molar-refractivity contribution in [3.8, 4) is 0 Å². The van der Waals surface area contributed by atoms with Crippen molar-refractivity contribution in [2.45, 2.75) is 26.3 Å². The van der Waals surface area contributed by atoms with Gasteiger partial charge in [-0.05, 0) is 23.8 Å². The van der Waals surface area contributed by atoms with Crippen molar-refractivity contribution in [2.75, 3.05) is 6.54 Å². The first kappa shape index (κ1) is 11.4. The number of nitrogens with zero attached hydrogens (tertiary/aromatic N) is 5. The summed E-state index contributed by atoms with van der Waals surface area (Å²) in [7, 11) is 1.70. The minimum Gasteiger partial charge on any atom is -0.465 e. The van der Waals surface area contributed by atoms with E-state index in [1.54, 1.807) is 14.0 Å². The zero-order valence-electron chi connectivity index (χ0n) is 9.08. The predicted octanol–water partition coefficient (Wildman–Crippen LogP) is 0.661. The molecule has 0 radical (unpaired) electrons. The minimum absolute atomic E-state index is 0.285. The van der Waals surface area contributed by atoms with Gasteiger partial charge in [0, 0.05) is 13.6 Å². The van der Waals surface area contributed by atoms with E-state index in [0.717, 1.165) is 0 Å². The summed E-state index contributed by atoms with van der Waals surface area (Å²) in [6.45, 7) is 4.12. The summed E-state index contributed by atoms with van der Waals surface area (Å²) in [6.07, 6.45) is -0.304. The number of carbonyl (C=O) groups is 1. The molecule has 1 unspecified atom stereocenters. The van der Waals surface area contributed by atoms with Gasteiger partial charge in [-0.1, -0.05) is 6.92 Å². The van der Waals surface area contributed by atoms with Gasteiger partial charge >= 0.3 is 6.09 Å². The fourth-order valence-electron chi connectivity index (χ4n) is 1.55. The van der Waals surface area contributed by atoms with Gasteiger partial charge in [-0.15, -0.1) is 5.10 Å². The first-order valence-corrected chi connectivity index (χ1v) is 4.83. The summed E-state index contributed by atoms with van der Waals surface area (Å²) in [5.74, 6) is 0.571. The number of carboxylic acid groups (broad SMARTS) is 1. The van der Waals surface area contributed by atoms with Gasteiger partial charge in [0.1, 0.15) is 0 Å². The van der Waals surface area contributed by atoms with Crippen LogP contribution in [0.4, 0.5) is 4.79 Å². The predicted molar refractivity (Wildman–Crippen MR) is 52.2 cm³/mol. The highest BCUT2D eigenvalue weighted by atomic mass is 16.4. The number of amides is 1. The number of rotatable bonds is 4. The van der Waals surface area contributed by atoms with Crippen LogP contribution in [-0.4, -0.2) is 42.9 Å². The summed E-state index contributed by atoms with van der Waals surface area (Å²) in [5, 5.41) is 20.1. The lowest BCUT2D eigenvalue weighted by Gasteiger charge is -2.25. The van der Waals surface area contributed by atoms with E-state index in [0.29, 0.717) is 18.8 Å². The van der Waals surface area contributed by atoms with E-state index in [4.69, 9.17) is 5.11 Å². The fraction of sp³-hybridized carbons (Fsp3) is 0.750. The molecule has 0 saturated heterocycles. The SMILES string of the molecule is CCC(c1nnnn1C)N(CC)C(=O)O. The fourth-order valence-corrected chi connectivity index (χ4v) is 1.55. The van der Waals surface area contributed by atoms with Crippen LogP contribution >= 0.6 is 0 Å². The Hall–Kier alpha value is -1.66. The second kappa shape index (κ2) is 4.72. The van der Waals surface area contributed by atoms with Crippen LogP contribution in [0.15, 0.2) is 0 Å². The van der Waals surface area contributed by atoms with Gasteiger partial charge in [0.05, 0.1) is 6.04 Å². The van der Waals surface area contributed by atoms with E-state index in [2.05, 4.69) is 15.5 Å².